The van der Waals surface area contributed by atoms with Gasteiger partial charge in [0.15, 0.2) is 5.76 Å². The Morgan fingerprint density at radius 2 is 2.45 bits per heavy atom. The highest BCUT2D eigenvalue weighted by Gasteiger charge is 2.18. The Hall–Kier alpha value is -2.00. The molecule has 1 saturated heterocycles. The summed E-state index contributed by atoms with van der Waals surface area (Å²) in [7, 11) is 0. The van der Waals surface area contributed by atoms with Gasteiger partial charge in [0.05, 0.1) is 18.1 Å². The number of furan rings is 1. The van der Waals surface area contributed by atoms with Crippen LogP contribution in [0.4, 0.5) is 0 Å². The highest BCUT2D eigenvalue weighted by molar-refractivity contribution is 7.99. The second-order valence-corrected chi connectivity index (χ2v) is 5.82. The van der Waals surface area contributed by atoms with Crippen molar-refractivity contribution in [1.29, 1.82) is 0 Å². The van der Waals surface area contributed by atoms with Gasteiger partial charge in [-0.2, -0.15) is 0 Å². The number of hydrogen-bond donors (Lipinski definition) is 2. The number of amides is 1. The summed E-state index contributed by atoms with van der Waals surface area (Å²) in [6, 6.07) is 3.49. The number of hydrogen-bond acceptors (Lipinski definition) is 7. The minimum Gasteiger partial charge on any atom is -0.461 e. The zero-order chi connectivity index (χ0) is 15.4. The van der Waals surface area contributed by atoms with Crippen molar-refractivity contribution in [2.45, 2.75) is 24.1 Å². The Morgan fingerprint density at radius 3 is 3.18 bits per heavy atom. The number of carbonyl (C=O) groups is 1. The highest BCUT2D eigenvalue weighted by atomic mass is 32.2. The first-order valence-corrected chi connectivity index (χ1v) is 7.98. The molecule has 0 radical (unpaired) electrons. The third kappa shape index (κ3) is 3.42. The Labute approximate surface area is 131 Å². The van der Waals surface area contributed by atoms with E-state index in [9.17, 15) is 4.79 Å². The van der Waals surface area contributed by atoms with Crippen molar-refractivity contribution in [2.75, 3.05) is 24.7 Å². The zero-order valence-corrected chi connectivity index (χ0v) is 12.7. The van der Waals surface area contributed by atoms with E-state index >= 15 is 0 Å². The molecule has 0 bridgehead atoms. The molecule has 0 saturated carbocycles. The number of nitrogens with one attached hydrogen (secondary N) is 1. The number of nitrogen functional groups attached to an aromatic ring is 1. The minimum absolute atomic E-state index is 0.0805. The lowest BCUT2D eigenvalue weighted by Gasteiger charge is -2.10. The maximum atomic E-state index is 11.8. The first-order valence-electron chi connectivity index (χ1n) is 6.99. The maximum absolute atomic E-state index is 11.8. The van der Waals surface area contributed by atoms with Gasteiger partial charge in [-0.15, -0.1) is 10.2 Å². The van der Waals surface area contributed by atoms with E-state index in [-0.39, 0.29) is 17.8 Å². The number of aromatic nitrogens is 3. The van der Waals surface area contributed by atoms with Crippen molar-refractivity contribution in [3.8, 4) is 11.6 Å². The molecular weight excluding hydrogens is 306 g/mol. The van der Waals surface area contributed by atoms with Crippen molar-refractivity contribution >= 4 is 17.7 Å². The van der Waals surface area contributed by atoms with Crippen molar-refractivity contribution in [3.05, 3.63) is 18.4 Å². The first-order chi connectivity index (χ1) is 10.7. The maximum Gasteiger partial charge on any atom is 0.230 e. The summed E-state index contributed by atoms with van der Waals surface area (Å²) in [5.41, 5.74) is 0. The molecular formula is C13H17N5O3S. The van der Waals surface area contributed by atoms with Gasteiger partial charge >= 0.3 is 0 Å². The Balaban J connectivity index is 1.50. The van der Waals surface area contributed by atoms with E-state index in [0.717, 1.165) is 19.4 Å². The molecule has 0 unspecified atom stereocenters. The van der Waals surface area contributed by atoms with E-state index in [1.807, 2.05) is 0 Å². The number of nitrogens with zero attached hydrogens (tertiary/aromatic N) is 3. The number of rotatable bonds is 6. The third-order valence-corrected chi connectivity index (χ3v) is 4.23. The average Bonchev–Trinajstić information content (AvgIpc) is 3.25. The number of thioether (sulfide) groups is 1. The van der Waals surface area contributed by atoms with Crippen LogP contribution in [0.5, 0.6) is 0 Å². The van der Waals surface area contributed by atoms with Gasteiger partial charge in [0.2, 0.25) is 16.9 Å². The van der Waals surface area contributed by atoms with Crippen molar-refractivity contribution < 1.29 is 13.9 Å². The lowest BCUT2D eigenvalue weighted by Crippen LogP contribution is -2.33. The molecule has 1 aliphatic rings. The van der Waals surface area contributed by atoms with E-state index in [4.69, 9.17) is 15.0 Å². The van der Waals surface area contributed by atoms with Crippen LogP contribution >= 0.6 is 11.8 Å². The fourth-order valence-electron chi connectivity index (χ4n) is 2.16. The molecule has 0 aromatic carbocycles. The summed E-state index contributed by atoms with van der Waals surface area (Å²) < 4.78 is 12.0. The normalized spacial score (nSPS) is 17.7. The molecule has 0 aliphatic carbocycles. The summed E-state index contributed by atoms with van der Waals surface area (Å²) in [5, 5.41) is 11.2. The summed E-state index contributed by atoms with van der Waals surface area (Å²) in [6.45, 7) is 1.33. The fourth-order valence-corrected chi connectivity index (χ4v) is 2.85. The first kappa shape index (κ1) is 14.9. The lowest BCUT2D eigenvalue weighted by atomic mass is 10.2. The standard InChI is InChI=1S/C13H17N5O3S/c14-18-12(10-4-2-6-21-10)16-17-13(18)22-8-11(19)15-7-9-3-1-5-20-9/h2,4,6,9H,1,3,5,7-8,14H2,(H,15,19)/t9-/m0/s1. The molecule has 2 aromatic heterocycles. The van der Waals surface area contributed by atoms with Crippen LogP contribution in [-0.4, -0.2) is 45.8 Å². The second kappa shape index (κ2) is 6.84. The van der Waals surface area contributed by atoms with Gasteiger partial charge < -0.3 is 20.3 Å². The number of ether oxygens (including phenoxy) is 1. The molecule has 3 heterocycles. The molecule has 2 aromatic rings. The molecule has 3 rings (SSSR count). The molecule has 1 amide bonds. The minimum atomic E-state index is -0.0805. The van der Waals surface area contributed by atoms with Gasteiger partial charge in [-0.05, 0) is 25.0 Å². The monoisotopic (exact) mass is 323 g/mol. The van der Waals surface area contributed by atoms with Gasteiger partial charge in [-0.25, -0.2) is 4.68 Å². The van der Waals surface area contributed by atoms with Crippen LogP contribution < -0.4 is 11.2 Å². The van der Waals surface area contributed by atoms with Crippen LogP contribution in [0.25, 0.3) is 11.6 Å². The smallest absolute Gasteiger partial charge is 0.230 e. The van der Waals surface area contributed by atoms with Crippen LogP contribution in [-0.2, 0) is 9.53 Å². The molecule has 3 N–H and O–H groups in total. The van der Waals surface area contributed by atoms with E-state index in [2.05, 4.69) is 15.5 Å². The Bertz CT molecular complexity index is 622. The van der Waals surface area contributed by atoms with Gasteiger partial charge in [0.1, 0.15) is 0 Å². The molecule has 1 atom stereocenters. The van der Waals surface area contributed by atoms with E-state index in [0.29, 0.717) is 23.3 Å². The van der Waals surface area contributed by atoms with Crippen molar-refractivity contribution in [3.63, 3.8) is 0 Å². The van der Waals surface area contributed by atoms with E-state index in [1.54, 1.807) is 12.1 Å². The molecule has 9 heteroatoms. The molecule has 1 fully saturated rings. The predicted octanol–water partition coefficient (Wildman–Crippen LogP) is 0.639. The third-order valence-electron chi connectivity index (χ3n) is 3.29. The Morgan fingerprint density at radius 1 is 1.55 bits per heavy atom. The predicted molar refractivity (Wildman–Crippen MR) is 80.6 cm³/mol. The Kier molecular flexibility index (Phi) is 4.64. The summed E-state index contributed by atoms with van der Waals surface area (Å²) >= 11 is 1.23. The summed E-state index contributed by atoms with van der Waals surface area (Å²) in [6.07, 6.45) is 3.73. The number of carbonyl (C=O) groups excluding carboxylic acids is 1. The van der Waals surface area contributed by atoms with Crippen LogP contribution in [0, 0.1) is 0 Å². The average molecular weight is 323 g/mol. The van der Waals surface area contributed by atoms with Crippen molar-refractivity contribution in [1.82, 2.24) is 20.2 Å². The topological polar surface area (TPSA) is 108 Å². The van der Waals surface area contributed by atoms with Gasteiger partial charge in [0, 0.05) is 13.2 Å². The molecule has 0 spiro atoms. The second-order valence-electron chi connectivity index (χ2n) is 4.88. The van der Waals surface area contributed by atoms with Crippen LogP contribution in [0.15, 0.2) is 28.0 Å². The van der Waals surface area contributed by atoms with Crippen LogP contribution in [0.3, 0.4) is 0 Å². The van der Waals surface area contributed by atoms with E-state index in [1.165, 1.54) is 22.7 Å². The summed E-state index contributed by atoms with van der Waals surface area (Å²) in [5.74, 6) is 7.01. The lowest BCUT2D eigenvalue weighted by molar-refractivity contribution is -0.119. The molecule has 118 valence electrons. The zero-order valence-electron chi connectivity index (χ0n) is 11.9. The van der Waals surface area contributed by atoms with E-state index < -0.39 is 0 Å². The van der Waals surface area contributed by atoms with Gasteiger partial charge in [-0.1, -0.05) is 11.8 Å². The van der Waals surface area contributed by atoms with Gasteiger partial charge in [0.25, 0.3) is 0 Å². The highest BCUT2D eigenvalue weighted by Crippen LogP contribution is 2.21. The molecule has 1 aliphatic heterocycles. The number of nitrogens with two attached hydrogens (primary N) is 1. The van der Waals surface area contributed by atoms with Crippen molar-refractivity contribution in [2.24, 2.45) is 0 Å². The van der Waals surface area contributed by atoms with Crippen LogP contribution in [0.1, 0.15) is 12.8 Å². The largest absolute Gasteiger partial charge is 0.461 e. The molecule has 8 nitrogen and oxygen atoms in total. The van der Waals surface area contributed by atoms with Crippen LogP contribution in [0.2, 0.25) is 0 Å². The quantitative estimate of drug-likeness (QED) is 0.593. The van der Waals surface area contributed by atoms with Gasteiger partial charge in [-0.3, -0.25) is 4.79 Å². The summed E-state index contributed by atoms with van der Waals surface area (Å²) in [4.78, 5) is 11.8. The SMILES string of the molecule is Nn1c(SCC(=O)NC[C@@H]2CCCO2)nnc1-c1ccco1. The fraction of sp³-hybridized carbons (Fsp3) is 0.462. The molecule has 22 heavy (non-hydrogen) atoms.